The Bertz CT molecular complexity index is 1820. The number of hydrogen-bond donors (Lipinski definition) is 4. The van der Waals surface area contributed by atoms with Gasteiger partial charge in [-0.05, 0) is 49.1 Å². The van der Waals surface area contributed by atoms with Crippen molar-refractivity contribution in [2.24, 2.45) is 5.92 Å². The van der Waals surface area contributed by atoms with Crippen LogP contribution in [0, 0.1) is 12.8 Å². The number of nitrogens with zero attached hydrogens (tertiary/aromatic N) is 3. The summed E-state index contributed by atoms with van der Waals surface area (Å²) in [6.07, 6.45) is 1.06. The molecular weight excluding hydrogens is 660 g/mol. The molecular formula is C36H42N6O7S. The summed E-state index contributed by atoms with van der Waals surface area (Å²) in [5.74, 6) is -1.36. The molecule has 50 heavy (non-hydrogen) atoms. The molecule has 0 saturated heterocycles. The number of nitrogens with one attached hydrogen (secondary N) is 3. The fraction of sp³-hybridized carbons (Fsp3) is 0.389. The van der Waals surface area contributed by atoms with Crippen molar-refractivity contribution in [1.82, 2.24) is 30.8 Å². The SMILES string of the molecule is COc1ccc(CN2CCCC(=O)N[C@@H](Cc3ccccc3)c3nc(c(C)o3)C(=O)N[C@@H](C(C)C)c3nc(cs3)C(=O)NCC2)cc1C(=O)O. The van der Waals surface area contributed by atoms with Crippen molar-refractivity contribution in [3.63, 3.8) is 0 Å². The first-order chi connectivity index (χ1) is 24.0. The minimum absolute atomic E-state index is 0.0513. The molecule has 14 heteroatoms. The summed E-state index contributed by atoms with van der Waals surface area (Å²) >= 11 is 1.29. The molecule has 264 valence electrons. The Hall–Kier alpha value is -5.08. The van der Waals surface area contributed by atoms with Crippen molar-refractivity contribution in [3.05, 3.63) is 98.6 Å². The number of oxazole rings is 1. The topological polar surface area (TPSA) is 176 Å². The number of thiazole rings is 1. The van der Waals surface area contributed by atoms with Crippen LogP contribution < -0.4 is 20.7 Å². The van der Waals surface area contributed by atoms with E-state index in [1.165, 1.54) is 18.4 Å². The molecule has 0 saturated carbocycles. The van der Waals surface area contributed by atoms with Crippen molar-refractivity contribution in [2.45, 2.75) is 58.7 Å². The van der Waals surface area contributed by atoms with Gasteiger partial charge in [0.15, 0.2) is 5.69 Å². The first-order valence-electron chi connectivity index (χ1n) is 16.5. The lowest BCUT2D eigenvalue weighted by atomic mass is 10.0. The van der Waals surface area contributed by atoms with Gasteiger partial charge in [0.1, 0.15) is 33.8 Å². The van der Waals surface area contributed by atoms with Crippen molar-refractivity contribution in [3.8, 4) is 5.75 Å². The van der Waals surface area contributed by atoms with E-state index in [1.807, 2.05) is 44.2 Å². The highest BCUT2D eigenvalue weighted by Crippen LogP contribution is 2.27. The van der Waals surface area contributed by atoms with Crippen molar-refractivity contribution in [2.75, 3.05) is 26.7 Å². The summed E-state index contributed by atoms with van der Waals surface area (Å²) in [4.78, 5) is 63.1. The van der Waals surface area contributed by atoms with E-state index in [1.54, 1.807) is 30.5 Å². The number of hydrogen-bond acceptors (Lipinski definition) is 10. The number of ether oxygens (including phenoxy) is 1. The average Bonchev–Trinajstić information content (AvgIpc) is 3.74. The molecule has 4 aromatic rings. The number of aromatic carboxylic acids is 1. The zero-order valence-corrected chi connectivity index (χ0v) is 29.3. The van der Waals surface area contributed by atoms with Crippen molar-refractivity contribution < 1.29 is 33.4 Å². The quantitative estimate of drug-likeness (QED) is 0.211. The predicted molar refractivity (Wildman–Crippen MR) is 186 cm³/mol. The van der Waals surface area contributed by atoms with E-state index in [-0.39, 0.29) is 59.3 Å². The Morgan fingerprint density at radius 1 is 1.06 bits per heavy atom. The van der Waals surface area contributed by atoms with Gasteiger partial charge >= 0.3 is 5.97 Å². The number of aromatic nitrogens is 2. The Morgan fingerprint density at radius 2 is 1.84 bits per heavy atom. The molecule has 1 aliphatic rings. The first-order valence-corrected chi connectivity index (χ1v) is 17.4. The van der Waals surface area contributed by atoms with Crippen LogP contribution in [0.1, 0.15) is 97.9 Å². The number of carboxylic acid groups (broad SMARTS) is 1. The predicted octanol–water partition coefficient (Wildman–Crippen LogP) is 4.70. The van der Waals surface area contributed by atoms with Crippen LogP contribution in [0.2, 0.25) is 0 Å². The van der Waals surface area contributed by atoms with Gasteiger partial charge in [0.2, 0.25) is 11.8 Å². The highest BCUT2D eigenvalue weighted by atomic mass is 32.1. The van der Waals surface area contributed by atoms with Gasteiger partial charge in [0.05, 0.1) is 13.2 Å². The fourth-order valence-corrected chi connectivity index (χ4v) is 6.80. The summed E-state index contributed by atoms with van der Waals surface area (Å²) in [7, 11) is 1.42. The van der Waals surface area contributed by atoms with E-state index in [4.69, 9.17) is 9.15 Å². The van der Waals surface area contributed by atoms with Crippen LogP contribution in [0.25, 0.3) is 0 Å². The second-order valence-corrected chi connectivity index (χ2v) is 13.4. The number of methoxy groups -OCH3 is 1. The summed E-state index contributed by atoms with van der Waals surface area (Å²) in [6.45, 7) is 7.15. The molecule has 13 nitrogen and oxygen atoms in total. The Labute approximate surface area is 294 Å². The standard InChI is InChI=1S/C36H42N6O7S/c1-21(2)30-35-39-27(20-50-35)32(44)37-14-16-42(19-24-12-13-28(48-4)25(17-24)36(46)47)15-8-11-29(43)38-26(18-23-9-6-5-7-10-23)34-41-31(22(3)49-34)33(45)40-30/h5-7,9-10,12-13,17,20-21,26,30H,8,11,14-16,18-19H2,1-4H3,(H,37,44)(H,38,43)(H,40,45)(H,46,47)/t26-,30-/m0/s1. The molecule has 0 unspecified atom stereocenters. The van der Waals surface area contributed by atoms with Gasteiger partial charge in [0.25, 0.3) is 11.8 Å². The van der Waals surface area contributed by atoms with Crippen molar-refractivity contribution >= 4 is 35.0 Å². The highest BCUT2D eigenvalue weighted by molar-refractivity contribution is 7.09. The maximum absolute atomic E-state index is 13.5. The molecule has 0 aliphatic carbocycles. The van der Waals surface area contributed by atoms with Crippen LogP contribution in [0.3, 0.4) is 0 Å². The number of amides is 3. The second kappa shape index (κ2) is 16.5. The average molecular weight is 703 g/mol. The van der Waals surface area contributed by atoms with Gasteiger partial charge in [-0.25, -0.2) is 14.8 Å². The second-order valence-electron chi connectivity index (χ2n) is 12.5. The largest absolute Gasteiger partial charge is 0.496 e. The lowest BCUT2D eigenvalue weighted by molar-refractivity contribution is -0.122. The normalized spacial score (nSPS) is 18.2. The number of carbonyl (C=O) groups is 4. The molecule has 3 heterocycles. The summed E-state index contributed by atoms with van der Waals surface area (Å²) < 4.78 is 11.2. The Kier molecular flexibility index (Phi) is 12.0. The molecule has 1 aliphatic heterocycles. The van der Waals surface area contributed by atoms with Gasteiger partial charge in [-0.15, -0.1) is 11.3 Å². The molecule has 0 radical (unpaired) electrons. The third kappa shape index (κ3) is 9.12. The molecule has 2 aromatic heterocycles. The molecule has 0 fully saturated rings. The molecule has 3 amide bonds. The van der Waals surface area contributed by atoms with Gasteiger partial charge in [0, 0.05) is 37.9 Å². The van der Waals surface area contributed by atoms with E-state index in [0.29, 0.717) is 43.2 Å². The maximum atomic E-state index is 13.5. The molecule has 4 bridgehead atoms. The monoisotopic (exact) mass is 702 g/mol. The van der Waals surface area contributed by atoms with Crippen LogP contribution in [0.5, 0.6) is 5.75 Å². The maximum Gasteiger partial charge on any atom is 0.339 e. The van der Waals surface area contributed by atoms with Gasteiger partial charge in [-0.1, -0.05) is 50.2 Å². The molecule has 2 atom stereocenters. The third-order valence-corrected chi connectivity index (χ3v) is 9.34. The Balaban J connectivity index is 1.44. The van der Waals surface area contributed by atoms with E-state index in [0.717, 1.165) is 11.1 Å². The van der Waals surface area contributed by atoms with Gasteiger partial charge in [-0.3, -0.25) is 19.3 Å². The number of carboxylic acids is 1. The van der Waals surface area contributed by atoms with Crippen molar-refractivity contribution in [1.29, 1.82) is 0 Å². The smallest absolute Gasteiger partial charge is 0.339 e. The minimum Gasteiger partial charge on any atom is -0.496 e. The third-order valence-electron chi connectivity index (χ3n) is 8.41. The van der Waals surface area contributed by atoms with Gasteiger partial charge in [-0.2, -0.15) is 0 Å². The lowest BCUT2D eigenvalue weighted by Gasteiger charge is -2.23. The number of rotatable bonds is 7. The van der Waals surface area contributed by atoms with E-state index < -0.39 is 24.0 Å². The van der Waals surface area contributed by atoms with Crippen LogP contribution in [-0.2, 0) is 17.8 Å². The highest BCUT2D eigenvalue weighted by Gasteiger charge is 2.29. The van der Waals surface area contributed by atoms with Crippen LogP contribution in [0.4, 0.5) is 0 Å². The zero-order chi connectivity index (χ0) is 35.8. The summed E-state index contributed by atoms with van der Waals surface area (Å²) in [6, 6.07) is 13.5. The van der Waals surface area contributed by atoms with E-state index in [2.05, 4.69) is 30.8 Å². The Morgan fingerprint density at radius 3 is 2.56 bits per heavy atom. The van der Waals surface area contributed by atoms with Crippen LogP contribution in [0.15, 0.2) is 58.3 Å². The molecule has 2 aromatic carbocycles. The van der Waals surface area contributed by atoms with Crippen LogP contribution in [-0.4, -0.2) is 70.4 Å². The first kappa shape index (κ1) is 36.2. The van der Waals surface area contributed by atoms with Gasteiger partial charge < -0.3 is 30.2 Å². The number of benzene rings is 2. The van der Waals surface area contributed by atoms with E-state index >= 15 is 0 Å². The summed E-state index contributed by atoms with van der Waals surface area (Å²) in [5, 5.41) is 21.0. The molecule has 0 spiro atoms. The number of aryl methyl sites for hydroxylation is 1. The number of fused-ring (bicyclic) bond motifs is 4. The lowest BCUT2D eigenvalue weighted by Crippen LogP contribution is -2.36. The van der Waals surface area contributed by atoms with E-state index in [9.17, 15) is 24.3 Å². The minimum atomic E-state index is -1.10. The number of carbonyl (C=O) groups excluding carboxylic acids is 3. The fourth-order valence-electron chi connectivity index (χ4n) is 5.78. The molecule has 4 N–H and O–H groups in total. The summed E-state index contributed by atoms with van der Waals surface area (Å²) in [5.41, 5.74) is 2.12. The zero-order valence-electron chi connectivity index (χ0n) is 28.5. The molecule has 5 rings (SSSR count). The van der Waals surface area contributed by atoms with Crippen LogP contribution >= 0.6 is 11.3 Å².